The Kier molecular flexibility index (Phi) is 4.52. The molecule has 0 radical (unpaired) electrons. The predicted molar refractivity (Wildman–Crippen MR) is 68.2 cm³/mol. The normalized spacial score (nSPS) is 21.0. The van der Waals surface area contributed by atoms with Gasteiger partial charge in [0.15, 0.2) is 0 Å². The molecule has 2 unspecified atom stereocenters. The average Bonchev–Trinajstić information content (AvgIpc) is 2.50. The first-order chi connectivity index (χ1) is 8.69. The number of aliphatic hydroxyl groups excluding tert-OH is 1. The average molecular weight is 271 g/mol. The summed E-state index contributed by atoms with van der Waals surface area (Å²) in [5.74, 6) is -0.937. The highest BCUT2D eigenvalue weighted by molar-refractivity contribution is 6.08. The van der Waals surface area contributed by atoms with Gasteiger partial charge in [0.05, 0.1) is 0 Å². The van der Waals surface area contributed by atoms with E-state index < -0.39 is 23.4 Å². The van der Waals surface area contributed by atoms with Gasteiger partial charge in [0.25, 0.3) is 5.91 Å². The number of imide groups is 1. The second-order valence-corrected chi connectivity index (χ2v) is 5.46. The summed E-state index contributed by atoms with van der Waals surface area (Å²) in [7, 11) is 0. The Morgan fingerprint density at radius 1 is 1.42 bits per heavy atom. The number of urea groups is 1. The highest BCUT2D eigenvalue weighted by Crippen LogP contribution is 2.16. The van der Waals surface area contributed by atoms with E-state index in [0.717, 1.165) is 4.90 Å². The van der Waals surface area contributed by atoms with Crippen molar-refractivity contribution in [3.63, 3.8) is 0 Å². The molecular formula is C12H21N3O4. The van der Waals surface area contributed by atoms with E-state index >= 15 is 0 Å². The van der Waals surface area contributed by atoms with Gasteiger partial charge in [0.2, 0.25) is 5.91 Å². The number of carbonyl (C=O) groups is 3. The van der Waals surface area contributed by atoms with Gasteiger partial charge in [-0.2, -0.15) is 0 Å². The highest BCUT2D eigenvalue weighted by Gasteiger charge is 2.44. The van der Waals surface area contributed by atoms with Gasteiger partial charge in [-0.3, -0.25) is 14.5 Å². The maximum atomic E-state index is 11.9. The maximum absolute atomic E-state index is 11.9. The van der Waals surface area contributed by atoms with Crippen molar-refractivity contribution in [1.82, 2.24) is 15.5 Å². The second-order valence-electron chi connectivity index (χ2n) is 5.46. The van der Waals surface area contributed by atoms with Gasteiger partial charge in [-0.05, 0) is 26.7 Å². The predicted octanol–water partition coefficient (Wildman–Crippen LogP) is -0.550. The van der Waals surface area contributed by atoms with Crippen LogP contribution in [0.2, 0.25) is 0 Å². The Labute approximate surface area is 112 Å². The summed E-state index contributed by atoms with van der Waals surface area (Å²) in [4.78, 5) is 36.1. The summed E-state index contributed by atoms with van der Waals surface area (Å²) < 4.78 is 0. The molecule has 0 saturated carbocycles. The molecule has 0 aromatic carbocycles. The standard InChI is InChI=1S/C12H21N3O4/c1-7(6-16)8(2)13-9(17)5-15-10(18)12(3,4)14-11(15)19/h7-8,16H,5-6H2,1-4H3,(H,13,17)(H,14,19). The minimum atomic E-state index is -0.971. The van der Waals surface area contributed by atoms with Gasteiger partial charge >= 0.3 is 6.03 Å². The summed E-state index contributed by atoms with van der Waals surface area (Å²) in [5.41, 5.74) is -0.971. The Balaban J connectivity index is 2.58. The lowest BCUT2D eigenvalue weighted by Gasteiger charge is -2.21. The SMILES string of the molecule is CC(CO)C(C)NC(=O)CN1C(=O)NC(C)(C)C1=O. The molecule has 2 atom stereocenters. The van der Waals surface area contributed by atoms with Crippen molar-refractivity contribution in [1.29, 1.82) is 0 Å². The van der Waals surface area contributed by atoms with Crippen LogP contribution >= 0.6 is 0 Å². The molecule has 0 aromatic rings. The monoisotopic (exact) mass is 271 g/mol. The fourth-order valence-corrected chi connectivity index (χ4v) is 1.71. The number of nitrogens with zero attached hydrogens (tertiary/aromatic N) is 1. The number of hydrogen-bond acceptors (Lipinski definition) is 4. The largest absolute Gasteiger partial charge is 0.396 e. The van der Waals surface area contributed by atoms with Crippen molar-refractivity contribution < 1.29 is 19.5 Å². The molecule has 4 amide bonds. The quantitative estimate of drug-likeness (QED) is 0.584. The number of hydrogen-bond donors (Lipinski definition) is 3. The van der Waals surface area contributed by atoms with E-state index in [-0.39, 0.29) is 25.1 Å². The lowest BCUT2D eigenvalue weighted by atomic mass is 10.1. The van der Waals surface area contributed by atoms with Gasteiger partial charge in [-0.25, -0.2) is 4.79 Å². The van der Waals surface area contributed by atoms with Crippen molar-refractivity contribution in [2.45, 2.75) is 39.3 Å². The van der Waals surface area contributed by atoms with Crippen LogP contribution in [0.1, 0.15) is 27.7 Å². The molecule has 3 N–H and O–H groups in total. The van der Waals surface area contributed by atoms with Crippen LogP contribution in [0.4, 0.5) is 4.79 Å². The topological polar surface area (TPSA) is 98.7 Å². The van der Waals surface area contributed by atoms with Gasteiger partial charge in [0.1, 0.15) is 12.1 Å². The molecule has 1 heterocycles. The molecule has 1 fully saturated rings. The van der Waals surface area contributed by atoms with E-state index in [2.05, 4.69) is 10.6 Å². The molecule has 1 saturated heterocycles. The minimum Gasteiger partial charge on any atom is -0.396 e. The van der Waals surface area contributed by atoms with Crippen molar-refractivity contribution in [2.24, 2.45) is 5.92 Å². The minimum absolute atomic E-state index is 0.0440. The third-order valence-electron chi connectivity index (χ3n) is 3.28. The van der Waals surface area contributed by atoms with Crippen molar-refractivity contribution in [3.05, 3.63) is 0 Å². The first kappa shape index (κ1) is 15.4. The summed E-state index contributed by atoms with van der Waals surface area (Å²) in [5, 5.41) is 14.1. The van der Waals surface area contributed by atoms with Crippen LogP contribution in [0.5, 0.6) is 0 Å². The molecule has 1 aliphatic heterocycles. The van der Waals surface area contributed by atoms with Gasteiger partial charge in [-0.1, -0.05) is 6.92 Å². The summed E-state index contributed by atoms with van der Waals surface area (Å²) in [6.07, 6.45) is 0. The van der Waals surface area contributed by atoms with E-state index in [1.54, 1.807) is 27.7 Å². The lowest BCUT2D eigenvalue weighted by Crippen LogP contribution is -2.46. The van der Waals surface area contributed by atoms with Crippen LogP contribution < -0.4 is 10.6 Å². The molecule has 7 heteroatoms. The Morgan fingerprint density at radius 2 is 2.00 bits per heavy atom. The van der Waals surface area contributed by atoms with Crippen LogP contribution in [0.25, 0.3) is 0 Å². The third-order valence-corrected chi connectivity index (χ3v) is 3.28. The van der Waals surface area contributed by atoms with E-state index in [9.17, 15) is 14.4 Å². The number of amides is 4. The summed E-state index contributed by atoms with van der Waals surface area (Å²) in [6.45, 7) is 6.37. The number of carbonyl (C=O) groups excluding carboxylic acids is 3. The number of aliphatic hydroxyl groups is 1. The van der Waals surface area contributed by atoms with Crippen LogP contribution in [0.3, 0.4) is 0 Å². The fourth-order valence-electron chi connectivity index (χ4n) is 1.71. The summed E-state index contributed by atoms with van der Waals surface area (Å²) in [6, 6.07) is -0.792. The lowest BCUT2D eigenvalue weighted by molar-refractivity contribution is -0.134. The first-order valence-corrected chi connectivity index (χ1v) is 6.23. The van der Waals surface area contributed by atoms with Gasteiger partial charge in [-0.15, -0.1) is 0 Å². The highest BCUT2D eigenvalue weighted by atomic mass is 16.3. The fraction of sp³-hybridized carbons (Fsp3) is 0.750. The molecule has 1 aliphatic rings. The maximum Gasteiger partial charge on any atom is 0.325 e. The van der Waals surface area contributed by atoms with E-state index in [0.29, 0.717) is 0 Å². The van der Waals surface area contributed by atoms with E-state index in [1.807, 2.05) is 0 Å². The Hall–Kier alpha value is -1.63. The zero-order valence-corrected chi connectivity index (χ0v) is 11.7. The molecule has 1 rings (SSSR count). The zero-order chi connectivity index (χ0) is 14.8. The molecule has 0 bridgehead atoms. The Morgan fingerprint density at radius 3 is 2.42 bits per heavy atom. The molecule has 7 nitrogen and oxygen atoms in total. The smallest absolute Gasteiger partial charge is 0.325 e. The molecule has 108 valence electrons. The van der Waals surface area contributed by atoms with Gasteiger partial charge < -0.3 is 15.7 Å². The van der Waals surface area contributed by atoms with E-state index in [1.165, 1.54) is 0 Å². The number of nitrogens with one attached hydrogen (secondary N) is 2. The van der Waals surface area contributed by atoms with E-state index in [4.69, 9.17) is 5.11 Å². The van der Waals surface area contributed by atoms with Crippen LogP contribution in [-0.2, 0) is 9.59 Å². The number of rotatable bonds is 5. The van der Waals surface area contributed by atoms with Crippen molar-refractivity contribution in [3.8, 4) is 0 Å². The second kappa shape index (κ2) is 5.56. The van der Waals surface area contributed by atoms with Gasteiger partial charge in [0, 0.05) is 12.6 Å². The molecular weight excluding hydrogens is 250 g/mol. The third kappa shape index (κ3) is 3.44. The van der Waals surface area contributed by atoms with Crippen molar-refractivity contribution in [2.75, 3.05) is 13.2 Å². The Bertz CT molecular complexity index is 394. The summed E-state index contributed by atoms with van der Waals surface area (Å²) >= 11 is 0. The molecule has 0 aromatic heterocycles. The molecule has 0 aliphatic carbocycles. The van der Waals surface area contributed by atoms with Crippen LogP contribution in [0.15, 0.2) is 0 Å². The van der Waals surface area contributed by atoms with Crippen LogP contribution in [-0.4, -0.2) is 52.6 Å². The van der Waals surface area contributed by atoms with Crippen LogP contribution in [0, 0.1) is 5.92 Å². The zero-order valence-electron chi connectivity index (χ0n) is 11.7. The van der Waals surface area contributed by atoms with Crippen molar-refractivity contribution >= 4 is 17.8 Å². The molecule has 0 spiro atoms. The first-order valence-electron chi connectivity index (χ1n) is 6.23. The molecule has 19 heavy (non-hydrogen) atoms.